The van der Waals surface area contributed by atoms with Crippen LogP contribution in [-0.4, -0.2) is 61.6 Å². The Kier molecular flexibility index (Phi) is 7.41. The van der Waals surface area contributed by atoms with Crippen molar-refractivity contribution >= 4 is 11.7 Å². The van der Waals surface area contributed by atoms with Crippen molar-refractivity contribution in [2.24, 2.45) is 5.92 Å². The van der Waals surface area contributed by atoms with E-state index in [9.17, 15) is 9.18 Å². The molecule has 2 aliphatic heterocycles. The number of rotatable bonds is 6. The van der Waals surface area contributed by atoms with E-state index in [-0.39, 0.29) is 11.8 Å². The zero-order valence-corrected chi connectivity index (χ0v) is 18.2. The zero-order valence-electron chi connectivity index (χ0n) is 18.2. The summed E-state index contributed by atoms with van der Waals surface area (Å²) < 4.78 is 13.1. The number of benzene rings is 2. The number of hydrogen-bond donors (Lipinski definition) is 1. The smallest absolute Gasteiger partial charge is 0.317 e. The summed E-state index contributed by atoms with van der Waals surface area (Å²) in [6, 6.07) is 17.3. The number of halogens is 1. The van der Waals surface area contributed by atoms with Crippen LogP contribution in [0.15, 0.2) is 54.6 Å². The van der Waals surface area contributed by atoms with Crippen molar-refractivity contribution in [3.8, 4) is 0 Å². The van der Waals surface area contributed by atoms with Gasteiger partial charge in [-0.2, -0.15) is 0 Å². The van der Waals surface area contributed by atoms with E-state index in [2.05, 4.69) is 45.4 Å². The van der Waals surface area contributed by atoms with Crippen molar-refractivity contribution in [2.45, 2.75) is 25.8 Å². The van der Waals surface area contributed by atoms with Crippen molar-refractivity contribution < 1.29 is 9.18 Å². The van der Waals surface area contributed by atoms with Gasteiger partial charge in [-0.05, 0) is 68.1 Å². The second-order valence-electron chi connectivity index (χ2n) is 8.68. The average Bonchev–Trinajstić information content (AvgIpc) is 2.81. The van der Waals surface area contributed by atoms with E-state index in [1.165, 1.54) is 30.5 Å². The number of carbonyl (C=O) groups excluding carboxylic acids is 1. The molecule has 0 bridgehead atoms. The Hall–Kier alpha value is -2.60. The van der Waals surface area contributed by atoms with Crippen molar-refractivity contribution in [2.75, 3.05) is 50.7 Å². The van der Waals surface area contributed by atoms with E-state index in [1.807, 2.05) is 4.90 Å². The fraction of sp³-hybridized carbons (Fsp3) is 0.480. The number of urea groups is 1. The molecule has 6 heteroatoms. The van der Waals surface area contributed by atoms with Gasteiger partial charge >= 0.3 is 6.03 Å². The number of nitrogens with one attached hydrogen (secondary N) is 1. The predicted molar refractivity (Wildman–Crippen MR) is 123 cm³/mol. The molecule has 166 valence electrons. The lowest BCUT2D eigenvalue weighted by Gasteiger charge is -2.36. The van der Waals surface area contributed by atoms with Gasteiger partial charge in [0.05, 0.1) is 0 Å². The summed E-state index contributed by atoms with van der Waals surface area (Å²) in [6.07, 6.45) is 3.47. The maximum atomic E-state index is 13.1. The van der Waals surface area contributed by atoms with Gasteiger partial charge in [0.15, 0.2) is 0 Å². The Morgan fingerprint density at radius 2 is 1.58 bits per heavy atom. The summed E-state index contributed by atoms with van der Waals surface area (Å²) in [4.78, 5) is 19.1. The highest BCUT2D eigenvalue weighted by Gasteiger charge is 2.22. The van der Waals surface area contributed by atoms with Gasteiger partial charge in [0.25, 0.3) is 0 Å². The molecule has 2 aromatic carbocycles. The number of likely N-dealkylation sites (tertiary alicyclic amines) is 1. The minimum absolute atomic E-state index is 0.0419. The summed E-state index contributed by atoms with van der Waals surface area (Å²) in [6.45, 7) is 7.01. The molecule has 2 fully saturated rings. The molecule has 5 nitrogen and oxygen atoms in total. The normalized spacial score (nSPS) is 18.2. The molecule has 0 aliphatic carbocycles. The van der Waals surface area contributed by atoms with E-state index in [0.29, 0.717) is 19.0 Å². The SMILES string of the molecule is O=C(NCCC1CCN(Cc2ccccc2)CC1)N1CCN(c2ccc(F)cc2)CC1. The summed E-state index contributed by atoms with van der Waals surface area (Å²) in [5, 5.41) is 3.12. The first-order chi connectivity index (χ1) is 15.2. The molecule has 2 aromatic rings. The summed E-state index contributed by atoms with van der Waals surface area (Å²) in [5.41, 5.74) is 2.40. The molecule has 2 amide bonds. The highest BCUT2D eigenvalue weighted by molar-refractivity contribution is 5.74. The van der Waals surface area contributed by atoms with Crippen LogP contribution in [0.25, 0.3) is 0 Å². The zero-order chi connectivity index (χ0) is 21.5. The lowest BCUT2D eigenvalue weighted by atomic mass is 9.93. The Labute approximate surface area is 184 Å². The summed E-state index contributed by atoms with van der Waals surface area (Å²) in [5.74, 6) is 0.478. The van der Waals surface area contributed by atoms with Crippen LogP contribution in [0.3, 0.4) is 0 Å². The van der Waals surface area contributed by atoms with Gasteiger partial charge in [-0.15, -0.1) is 0 Å². The highest BCUT2D eigenvalue weighted by atomic mass is 19.1. The minimum Gasteiger partial charge on any atom is -0.368 e. The molecule has 4 rings (SSSR count). The second kappa shape index (κ2) is 10.6. The topological polar surface area (TPSA) is 38.8 Å². The van der Waals surface area contributed by atoms with Crippen LogP contribution in [0.4, 0.5) is 14.9 Å². The van der Waals surface area contributed by atoms with Crippen LogP contribution < -0.4 is 10.2 Å². The number of nitrogens with zero attached hydrogens (tertiary/aromatic N) is 3. The molecule has 31 heavy (non-hydrogen) atoms. The number of hydrogen-bond acceptors (Lipinski definition) is 3. The number of piperazine rings is 1. The Bertz CT molecular complexity index is 813. The third kappa shape index (κ3) is 6.20. The van der Waals surface area contributed by atoms with Crippen molar-refractivity contribution in [1.82, 2.24) is 15.1 Å². The molecule has 0 atom stereocenters. The van der Waals surface area contributed by atoms with Crippen molar-refractivity contribution in [1.29, 1.82) is 0 Å². The first-order valence-electron chi connectivity index (χ1n) is 11.5. The number of amides is 2. The molecular weight excluding hydrogens is 391 g/mol. The van der Waals surface area contributed by atoms with Crippen molar-refractivity contribution in [3.05, 3.63) is 66.0 Å². The van der Waals surface area contributed by atoms with Crippen LogP contribution >= 0.6 is 0 Å². The molecular formula is C25H33FN4O. The van der Waals surface area contributed by atoms with E-state index >= 15 is 0 Å². The maximum Gasteiger partial charge on any atom is 0.317 e. The van der Waals surface area contributed by atoms with Gasteiger partial charge in [-0.25, -0.2) is 9.18 Å². The van der Waals surface area contributed by atoms with Gasteiger partial charge in [0, 0.05) is 45.0 Å². The quantitative estimate of drug-likeness (QED) is 0.763. The van der Waals surface area contributed by atoms with Gasteiger partial charge < -0.3 is 15.1 Å². The van der Waals surface area contributed by atoms with Crippen LogP contribution in [0.1, 0.15) is 24.8 Å². The van der Waals surface area contributed by atoms with Crippen LogP contribution in [0.2, 0.25) is 0 Å². The van der Waals surface area contributed by atoms with Gasteiger partial charge in [0.1, 0.15) is 5.82 Å². The summed E-state index contributed by atoms with van der Waals surface area (Å²) in [7, 11) is 0. The monoisotopic (exact) mass is 424 g/mol. The number of carbonyl (C=O) groups is 1. The van der Waals surface area contributed by atoms with Crippen LogP contribution in [0, 0.1) is 11.7 Å². The molecule has 0 radical (unpaired) electrons. The number of anilines is 1. The molecule has 2 aliphatic rings. The van der Waals surface area contributed by atoms with E-state index in [4.69, 9.17) is 0 Å². The van der Waals surface area contributed by atoms with Crippen molar-refractivity contribution in [3.63, 3.8) is 0 Å². The lowest BCUT2D eigenvalue weighted by molar-refractivity contribution is 0.169. The molecule has 1 N–H and O–H groups in total. The molecule has 2 heterocycles. The first kappa shape index (κ1) is 21.6. The lowest BCUT2D eigenvalue weighted by Crippen LogP contribution is -2.52. The standard InChI is InChI=1S/C25H33FN4O/c26-23-6-8-24(9-7-23)29-16-18-30(19-17-29)25(31)27-13-10-21-11-14-28(15-12-21)20-22-4-2-1-3-5-22/h1-9,21H,10-20H2,(H,27,31). The van der Waals surface area contributed by atoms with E-state index in [0.717, 1.165) is 51.4 Å². The largest absolute Gasteiger partial charge is 0.368 e. The third-order valence-electron chi connectivity index (χ3n) is 6.54. The maximum absolute atomic E-state index is 13.1. The minimum atomic E-state index is -0.219. The average molecular weight is 425 g/mol. The number of piperidine rings is 1. The molecule has 0 aromatic heterocycles. The summed E-state index contributed by atoms with van der Waals surface area (Å²) >= 11 is 0. The molecule has 2 saturated heterocycles. The Morgan fingerprint density at radius 3 is 2.26 bits per heavy atom. The second-order valence-corrected chi connectivity index (χ2v) is 8.68. The highest BCUT2D eigenvalue weighted by Crippen LogP contribution is 2.21. The third-order valence-corrected chi connectivity index (χ3v) is 6.54. The van der Waals surface area contributed by atoms with Gasteiger partial charge in [0.2, 0.25) is 0 Å². The van der Waals surface area contributed by atoms with Gasteiger partial charge in [-0.1, -0.05) is 30.3 Å². The Balaban J connectivity index is 1.11. The van der Waals surface area contributed by atoms with Crippen LogP contribution in [-0.2, 0) is 6.54 Å². The van der Waals surface area contributed by atoms with Crippen LogP contribution in [0.5, 0.6) is 0 Å². The molecule has 0 spiro atoms. The van der Waals surface area contributed by atoms with E-state index in [1.54, 1.807) is 12.1 Å². The predicted octanol–water partition coefficient (Wildman–Crippen LogP) is 3.96. The van der Waals surface area contributed by atoms with E-state index < -0.39 is 0 Å². The molecule has 0 unspecified atom stereocenters. The first-order valence-corrected chi connectivity index (χ1v) is 11.5. The Morgan fingerprint density at radius 1 is 0.903 bits per heavy atom. The van der Waals surface area contributed by atoms with Gasteiger partial charge in [-0.3, -0.25) is 4.90 Å². The molecule has 0 saturated carbocycles. The fourth-order valence-electron chi connectivity index (χ4n) is 4.59. The fourth-order valence-corrected chi connectivity index (χ4v) is 4.59.